The van der Waals surface area contributed by atoms with E-state index in [-0.39, 0.29) is 11.5 Å². The molecule has 1 rings (SSSR count). The number of nitrogens with zero attached hydrogens (tertiary/aromatic N) is 2. The van der Waals surface area contributed by atoms with Crippen molar-refractivity contribution >= 4 is 21.2 Å². The average Bonchev–Trinajstić information content (AvgIpc) is 2.50. The van der Waals surface area contributed by atoms with E-state index in [1.807, 2.05) is 0 Å². The Hall–Kier alpha value is -2.53. The van der Waals surface area contributed by atoms with Gasteiger partial charge in [-0.3, -0.25) is 20.2 Å². The molecule has 0 aliphatic carbocycles. The highest BCUT2D eigenvalue weighted by Gasteiger charge is 2.35. The molecule has 0 amide bonds. The van der Waals surface area contributed by atoms with Crippen molar-refractivity contribution in [3.05, 3.63) is 49.6 Å². The first-order valence-corrected chi connectivity index (χ1v) is 7.88. The van der Waals surface area contributed by atoms with Crippen molar-refractivity contribution in [2.24, 2.45) is 0 Å². The normalized spacial score (nSPS) is 13.0. The third-order valence-electron chi connectivity index (χ3n) is 3.23. The van der Waals surface area contributed by atoms with Crippen molar-refractivity contribution in [1.82, 2.24) is 0 Å². The Bertz CT molecular complexity index is 721. The van der Waals surface area contributed by atoms with E-state index in [1.165, 1.54) is 0 Å². The molecule has 0 saturated heterocycles. The van der Waals surface area contributed by atoms with Crippen molar-refractivity contribution in [3.63, 3.8) is 0 Å². The topological polar surface area (TPSA) is 150 Å². The highest BCUT2D eigenvalue weighted by Crippen LogP contribution is 2.38. The first kappa shape index (κ1) is 18.5. The predicted molar refractivity (Wildman–Crippen MR) is 78.5 cm³/mol. The van der Waals surface area contributed by atoms with Crippen molar-refractivity contribution in [2.45, 2.75) is 31.1 Å². The van der Waals surface area contributed by atoms with Crippen LogP contribution in [-0.2, 0) is 14.7 Å². The molecule has 0 spiro atoms. The van der Waals surface area contributed by atoms with Gasteiger partial charge in [-0.1, -0.05) is 13.8 Å². The fourth-order valence-corrected chi connectivity index (χ4v) is 3.05. The molecule has 126 valence electrons. The Labute approximate surface area is 131 Å². The van der Waals surface area contributed by atoms with Gasteiger partial charge in [0.25, 0.3) is 11.4 Å². The van der Waals surface area contributed by atoms with E-state index < -0.39 is 36.0 Å². The molecular weight excluding hydrogens is 332 g/mol. The highest BCUT2D eigenvalue weighted by atomic mass is 32.2. The third-order valence-corrected chi connectivity index (χ3v) is 4.68. The molecule has 1 atom stereocenters. The Morgan fingerprint density at radius 3 is 2.09 bits per heavy atom. The molecule has 1 N–H and O–H groups in total. The zero-order valence-corrected chi connectivity index (χ0v) is 13.0. The molecule has 1 aromatic carbocycles. The molecule has 1 unspecified atom stereocenters. The smallest absolute Gasteiger partial charge is 0.295 e. The Morgan fingerprint density at radius 1 is 1.26 bits per heavy atom. The number of benzene rings is 1. The summed E-state index contributed by atoms with van der Waals surface area (Å²) in [6.07, 6.45) is 0.893. The van der Waals surface area contributed by atoms with Crippen LogP contribution in [0.1, 0.15) is 31.7 Å². The van der Waals surface area contributed by atoms with Crippen LogP contribution in [0.2, 0.25) is 0 Å². The molecule has 0 saturated carbocycles. The zero-order valence-electron chi connectivity index (χ0n) is 12.2. The summed E-state index contributed by atoms with van der Waals surface area (Å²) in [5.41, 5.74) is -1.53. The van der Waals surface area contributed by atoms with Crippen LogP contribution in [0.25, 0.3) is 0 Å². The SMILES string of the molecule is CCC(C)c1cc([N+](=O)[O-])c(S(=O)(=O)/C=C/OO)c([N+](=O)[O-])c1. The van der Waals surface area contributed by atoms with Crippen molar-refractivity contribution < 1.29 is 28.4 Å². The molecular formula is C12H14N2O8S. The minimum Gasteiger partial charge on any atom is -0.347 e. The monoisotopic (exact) mass is 346 g/mol. The van der Waals surface area contributed by atoms with Gasteiger partial charge in [-0.2, -0.15) is 0 Å². The van der Waals surface area contributed by atoms with E-state index in [1.54, 1.807) is 13.8 Å². The maximum absolute atomic E-state index is 12.1. The quantitative estimate of drug-likeness (QED) is 0.342. The maximum atomic E-state index is 12.1. The van der Waals surface area contributed by atoms with Gasteiger partial charge in [0.2, 0.25) is 14.7 Å². The van der Waals surface area contributed by atoms with Crippen molar-refractivity contribution in [3.8, 4) is 0 Å². The van der Waals surface area contributed by atoms with Gasteiger partial charge >= 0.3 is 0 Å². The summed E-state index contributed by atoms with van der Waals surface area (Å²) >= 11 is 0. The van der Waals surface area contributed by atoms with Crippen LogP contribution in [0.5, 0.6) is 0 Å². The lowest BCUT2D eigenvalue weighted by molar-refractivity contribution is -0.399. The second-order valence-corrected chi connectivity index (χ2v) is 6.40. The van der Waals surface area contributed by atoms with Crippen LogP contribution in [0.3, 0.4) is 0 Å². The maximum Gasteiger partial charge on any atom is 0.295 e. The van der Waals surface area contributed by atoms with E-state index >= 15 is 0 Å². The Kier molecular flexibility index (Phi) is 5.76. The number of hydrogen-bond donors (Lipinski definition) is 1. The molecule has 10 nitrogen and oxygen atoms in total. The lowest BCUT2D eigenvalue weighted by Crippen LogP contribution is -2.08. The van der Waals surface area contributed by atoms with Crippen LogP contribution >= 0.6 is 0 Å². The van der Waals surface area contributed by atoms with Crippen LogP contribution in [0.15, 0.2) is 28.7 Å². The van der Waals surface area contributed by atoms with Gasteiger partial charge < -0.3 is 4.89 Å². The molecule has 0 heterocycles. The number of nitro groups is 2. The number of rotatable bonds is 7. The fourth-order valence-electron chi connectivity index (χ4n) is 1.87. The fraction of sp³-hybridized carbons (Fsp3) is 0.333. The average molecular weight is 346 g/mol. The summed E-state index contributed by atoms with van der Waals surface area (Å²) in [5, 5.41) is 30.8. The summed E-state index contributed by atoms with van der Waals surface area (Å²) in [6, 6.07) is 2.00. The Morgan fingerprint density at radius 2 is 1.74 bits per heavy atom. The van der Waals surface area contributed by atoms with E-state index in [4.69, 9.17) is 5.26 Å². The van der Waals surface area contributed by atoms with E-state index in [2.05, 4.69) is 4.89 Å². The molecule has 0 aliphatic rings. The van der Waals surface area contributed by atoms with Crippen molar-refractivity contribution in [1.29, 1.82) is 0 Å². The van der Waals surface area contributed by atoms with Gasteiger partial charge in [0, 0.05) is 12.1 Å². The minimum absolute atomic E-state index is 0.236. The molecule has 0 bridgehead atoms. The zero-order chi connectivity index (χ0) is 17.8. The number of sulfone groups is 1. The summed E-state index contributed by atoms with van der Waals surface area (Å²) in [5.74, 6) is -0.236. The van der Waals surface area contributed by atoms with Crippen molar-refractivity contribution in [2.75, 3.05) is 0 Å². The van der Waals surface area contributed by atoms with Crippen LogP contribution in [0, 0.1) is 20.2 Å². The number of hydrogen-bond acceptors (Lipinski definition) is 8. The minimum atomic E-state index is -4.57. The first-order chi connectivity index (χ1) is 10.7. The largest absolute Gasteiger partial charge is 0.347 e. The predicted octanol–water partition coefficient (Wildman–Crippen LogP) is 2.75. The van der Waals surface area contributed by atoms with E-state index in [0.717, 1.165) is 12.1 Å². The van der Waals surface area contributed by atoms with Gasteiger partial charge in [-0.25, -0.2) is 13.7 Å². The third kappa shape index (κ3) is 4.02. The second-order valence-electron chi connectivity index (χ2n) is 4.63. The molecule has 0 aliphatic heterocycles. The van der Waals surface area contributed by atoms with Gasteiger partial charge in [0.05, 0.1) is 15.3 Å². The highest BCUT2D eigenvalue weighted by molar-refractivity contribution is 7.94. The van der Waals surface area contributed by atoms with Crippen LogP contribution < -0.4 is 0 Å². The van der Waals surface area contributed by atoms with Crippen LogP contribution in [0.4, 0.5) is 11.4 Å². The summed E-state index contributed by atoms with van der Waals surface area (Å²) < 4.78 is 24.2. The van der Waals surface area contributed by atoms with E-state index in [9.17, 15) is 28.6 Å². The molecule has 0 fully saturated rings. The standard InChI is InChI=1S/C12H14N2O8S/c1-3-8(2)9-6-10(13(15)16)12(11(7-9)14(17)18)23(20,21)5-4-22-19/h4-8,19H,3H2,1-2H3/b5-4+. The summed E-state index contributed by atoms with van der Waals surface area (Å²) in [7, 11) is -4.57. The molecule has 0 radical (unpaired) electrons. The lowest BCUT2D eigenvalue weighted by Gasteiger charge is -2.11. The molecule has 23 heavy (non-hydrogen) atoms. The van der Waals surface area contributed by atoms with Gasteiger partial charge in [-0.15, -0.1) is 0 Å². The molecule has 1 aromatic rings. The van der Waals surface area contributed by atoms with Gasteiger partial charge in [0.1, 0.15) is 6.26 Å². The first-order valence-electron chi connectivity index (χ1n) is 6.34. The molecule has 11 heteroatoms. The summed E-state index contributed by atoms with van der Waals surface area (Å²) in [6.45, 7) is 3.49. The molecule has 0 aromatic heterocycles. The van der Waals surface area contributed by atoms with Gasteiger partial charge in [-0.05, 0) is 17.9 Å². The van der Waals surface area contributed by atoms with E-state index in [0.29, 0.717) is 18.1 Å². The lowest BCUT2D eigenvalue weighted by atomic mass is 9.97. The van der Waals surface area contributed by atoms with Gasteiger partial charge in [0.15, 0.2) is 0 Å². The second kappa shape index (κ2) is 7.15. The van der Waals surface area contributed by atoms with Crippen LogP contribution in [-0.4, -0.2) is 23.5 Å². The Balaban J connectivity index is 3.83. The summed E-state index contributed by atoms with van der Waals surface area (Å²) in [4.78, 5) is 22.8. The number of nitro benzene ring substituents is 2.